The van der Waals surface area contributed by atoms with Crippen LogP contribution < -0.4 is 4.90 Å². The van der Waals surface area contributed by atoms with Crippen molar-refractivity contribution in [3.8, 4) is 0 Å². The Labute approximate surface area is 136 Å². The number of morpholine rings is 1. The Bertz CT molecular complexity index is 661. The molecule has 1 aliphatic heterocycles. The van der Waals surface area contributed by atoms with Gasteiger partial charge in [0.1, 0.15) is 0 Å². The maximum atomic E-state index is 6.02. The Morgan fingerprint density at radius 1 is 1.09 bits per heavy atom. The molecule has 0 amide bonds. The van der Waals surface area contributed by atoms with Crippen molar-refractivity contribution >= 4 is 29.2 Å². The summed E-state index contributed by atoms with van der Waals surface area (Å²) in [5.41, 5.74) is 4.34. The van der Waals surface area contributed by atoms with Crippen LogP contribution in [0.3, 0.4) is 0 Å². The molecule has 0 aromatic heterocycles. The predicted molar refractivity (Wildman–Crippen MR) is 92.9 cm³/mol. The number of aliphatic imine (C=N–C) groups is 1. The van der Waals surface area contributed by atoms with E-state index in [-0.39, 0.29) is 0 Å². The van der Waals surface area contributed by atoms with Gasteiger partial charge in [-0.25, -0.2) is 0 Å². The van der Waals surface area contributed by atoms with Gasteiger partial charge in [-0.1, -0.05) is 29.8 Å². The van der Waals surface area contributed by atoms with E-state index in [1.165, 1.54) is 5.69 Å². The fraction of sp³-hybridized carbons (Fsp3) is 0.278. The molecule has 0 saturated carbocycles. The van der Waals surface area contributed by atoms with Crippen molar-refractivity contribution in [1.82, 2.24) is 0 Å². The summed E-state index contributed by atoms with van der Waals surface area (Å²) >= 11 is 6.02. The van der Waals surface area contributed by atoms with Crippen molar-refractivity contribution < 1.29 is 4.74 Å². The van der Waals surface area contributed by atoms with Crippen molar-refractivity contribution in [2.45, 2.75) is 6.92 Å². The number of aryl methyl sites for hydroxylation is 1. The minimum absolute atomic E-state index is 0.709. The molecular formula is C18H19ClN2O. The Hall–Kier alpha value is -1.84. The molecule has 1 saturated heterocycles. The minimum atomic E-state index is 0.709. The first-order valence-corrected chi connectivity index (χ1v) is 7.83. The monoisotopic (exact) mass is 314 g/mol. The number of halogens is 1. The third kappa shape index (κ3) is 3.67. The van der Waals surface area contributed by atoms with Gasteiger partial charge in [-0.15, -0.1) is 0 Å². The van der Waals surface area contributed by atoms with Crippen LogP contribution in [-0.2, 0) is 4.74 Å². The first-order chi connectivity index (χ1) is 10.7. The lowest BCUT2D eigenvalue weighted by molar-refractivity contribution is 0.122. The SMILES string of the molecule is Cc1ccc(Cl)cc1N=Cc1ccc(N2CCOCC2)cc1. The normalized spacial score (nSPS) is 15.5. The summed E-state index contributed by atoms with van der Waals surface area (Å²) in [6, 6.07) is 14.2. The maximum Gasteiger partial charge on any atom is 0.0673 e. The van der Waals surface area contributed by atoms with Crippen molar-refractivity contribution in [2.24, 2.45) is 4.99 Å². The van der Waals surface area contributed by atoms with Gasteiger partial charge in [0.2, 0.25) is 0 Å². The lowest BCUT2D eigenvalue weighted by Gasteiger charge is -2.28. The molecular weight excluding hydrogens is 296 g/mol. The molecule has 2 aromatic rings. The number of rotatable bonds is 3. The fourth-order valence-electron chi connectivity index (χ4n) is 2.46. The van der Waals surface area contributed by atoms with E-state index in [4.69, 9.17) is 16.3 Å². The molecule has 2 aromatic carbocycles. The van der Waals surface area contributed by atoms with Gasteiger partial charge in [0.25, 0.3) is 0 Å². The van der Waals surface area contributed by atoms with Gasteiger partial charge in [-0.05, 0) is 42.3 Å². The highest BCUT2D eigenvalue weighted by Crippen LogP contribution is 2.23. The lowest BCUT2D eigenvalue weighted by atomic mass is 10.2. The molecule has 0 unspecified atom stereocenters. The highest BCUT2D eigenvalue weighted by Gasteiger charge is 2.10. The van der Waals surface area contributed by atoms with Crippen molar-refractivity contribution in [1.29, 1.82) is 0 Å². The van der Waals surface area contributed by atoms with Gasteiger partial charge in [0.15, 0.2) is 0 Å². The molecule has 1 heterocycles. The molecule has 1 fully saturated rings. The number of ether oxygens (including phenoxy) is 1. The van der Waals surface area contributed by atoms with Gasteiger partial charge < -0.3 is 9.64 Å². The molecule has 0 N–H and O–H groups in total. The maximum absolute atomic E-state index is 6.02. The number of hydrogen-bond acceptors (Lipinski definition) is 3. The van der Waals surface area contributed by atoms with Crippen LogP contribution in [0.25, 0.3) is 0 Å². The molecule has 22 heavy (non-hydrogen) atoms. The second-order valence-electron chi connectivity index (χ2n) is 5.38. The molecule has 3 nitrogen and oxygen atoms in total. The van der Waals surface area contributed by atoms with Crippen LogP contribution in [-0.4, -0.2) is 32.5 Å². The zero-order valence-corrected chi connectivity index (χ0v) is 13.4. The fourth-order valence-corrected chi connectivity index (χ4v) is 2.62. The zero-order chi connectivity index (χ0) is 15.4. The topological polar surface area (TPSA) is 24.8 Å². The van der Waals surface area contributed by atoms with E-state index in [0.29, 0.717) is 5.02 Å². The Morgan fingerprint density at radius 2 is 1.82 bits per heavy atom. The summed E-state index contributed by atoms with van der Waals surface area (Å²) in [6.45, 7) is 5.54. The smallest absolute Gasteiger partial charge is 0.0673 e. The first-order valence-electron chi connectivity index (χ1n) is 7.45. The molecule has 1 aliphatic rings. The van der Waals surface area contributed by atoms with E-state index in [1.807, 2.05) is 31.3 Å². The average Bonchev–Trinajstić information content (AvgIpc) is 2.57. The van der Waals surface area contributed by atoms with E-state index in [1.54, 1.807) is 0 Å². The third-order valence-corrected chi connectivity index (χ3v) is 4.03. The lowest BCUT2D eigenvalue weighted by Crippen LogP contribution is -2.36. The number of anilines is 1. The Balaban J connectivity index is 1.72. The molecule has 114 valence electrons. The Kier molecular flexibility index (Phi) is 4.76. The van der Waals surface area contributed by atoms with Crippen LogP contribution in [0.4, 0.5) is 11.4 Å². The van der Waals surface area contributed by atoms with Crippen LogP contribution in [0.2, 0.25) is 5.02 Å². The van der Waals surface area contributed by atoms with Crippen LogP contribution in [0.5, 0.6) is 0 Å². The van der Waals surface area contributed by atoms with Crippen molar-refractivity contribution in [3.63, 3.8) is 0 Å². The molecule has 0 atom stereocenters. The van der Waals surface area contributed by atoms with Gasteiger partial charge >= 0.3 is 0 Å². The van der Waals surface area contributed by atoms with E-state index < -0.39 is 0 Å². The molecule has 0 aliphatic carbocycles. The first kappa shape index (κ1) is 15.1. The molecule has 4 heteroatoms. The van der Waals surface area contributed by atoms with Crippen molar-refractivity contribution in [2.75, 3.05) is 31.2 Å². The van der Waals surface area contributed by atoms with Crippen LogP contribution >= 0.6 is 11.6 Å². The largest absolute Gasteiger partial charge is 0.378 e. The van der Waals surface area contributed by atoms with Gasteiger partial charge in [0, 0.05) is 30.0 Å². The van der Waals surface area contributed by atoms with Gasteiger partial charge in [-0.2, -0.15) is 0 Å². The molecule has 0 radical (unpaired) electrons. The van der Waals surface area contributed by atoms with Crippen molar-refractivity contribution in [3.05, 3.63) is 58.6 Å². The Morgan fingerprint density at radius 3 is 2.55 bits per heavy atom. The number of benzene rings is 2. The third-order valence-electron chi connectivity index (χ3n) is 3.79. The standard InChI is InChI=1S/C18H19ClN2O/c1-14-2-5-16(19)12-18(14)20-13-15-3-6-17(7-4-15)21-8-10-22-11-9-21/h2-7,12-13H,8-11H2,1H3. The summed E-state index contributed by atoms with van der Waals surface area (Å²) < 4.78 is 5.38. The molecule has 0 spiro atoms. The van der Waals surface area contributed by atoms with Crippen LogP contribution in [0, 0.1) is 6.92 Å². The zero-order valence-electron chi connectivity index (χ0n) is 12.6. The summed E-state index contributed by atoms with van der Waals surface area (Å²) in [6.07, 6.45) is 1.88. The van der Waals surface area contributed by atoms with E-state index in [0.717, 1.165) is 43.1 Å². The number of nitrogens with zero attached hydrogens (tertiary/aromatic N) is 2. The second-order valence-corrected chi connectivity index (χ2v) is 5.82. The van der Waals surface area contributed by atoms with Crippen LogP contribution in [0.15, 0.2) is 47.5 Å². The van der Waals surface area contributed by atoms with E-state index in [2.05, 4.69) is 34.2 Å². The quantitative estimate of drug-likeness (QED) is 0.792. The van der Waals surface area contributed by atoms with Gasteiger partial charge in [-0.3, -0.25) is 4.99 Å². The summed E-state index contributed by atoms with van der Waals surface area (Å²) in [4.78, 5) is 6.87. The molecule has 3 rings (SSSR count). The van der Waals surface area contributed by atoms with Gasteiger partial charge in [0.05, 0.1) is 18.9 Å². The summed E-state index contributed by atoms with van der Waals surface area (Å²) in [5, 5.41) is 0.709. The highest BCUT2D eigenvalue weighted by atomic mass is 35.5. The number of hydrogen-bond donors (Lipinski definition) is 0. The minimum Gasteiger partial charge on any atom is -0.378 e. The highest BCUT2D eigenvalue weighted by molar-refractivity contribution is 6.30. The van der Waals surface area contributed by atoms with Crippen LogP contribution in [0.1, 0.15) is 11.1 Å². The van der Waals surface area contributed by atoms with E-state index in [9.17, 15) is 0 Å². The van der Waals surface area contributed by atoms with E-state index >= 15 is 0 Å². The average molecular weight is 315 g/mol. The molecule has 0 bridgehead atoms. The summed E-state index contributed by atoms with van der Waals surface area (Å²) in [7, 11) is 0. The predicted octanol–water partition coefficient (Wildman–Crippen LogP) is 4.24. The second kappa shape index (κ2) is 6.95. The summed E-state index contributed by atoms with van der Waals surface area (Å²) in [5.74, 6) is 0.